The number of hydrazone groups is 1. The van der Waals surface area contributed by atoms with E-state index in [4.69, 9.17) is 5.73 Å². The van der Waals surface area contributed by atoms with Crippen molar-refractivity contribution in [3.63, 3.8) is 0 Å². The Morgan fingerprint density at radius 3 is 2.21 bits per heavy atom. The molecule has 0 fully saturated rings. The lowest BCUT2D eigenvalue weighted by Gasteiger charge is -2.09. The van der Waals surface area contributed by atoms with Gasteiger partial charge in [0.15, 0.2) is 0 Å². The van der Waals surface area contributed by atoms with Crippen LogP contribution >= 0.6 is 0 Å². The largest absolute Gasteiger partial charge is 0.507 e. The summed E-state index contributed by atoms with van der Waals surface area (Å²) in [7, 11) is 0. The van der Waals surface area contributed by atoms with Crippen LogP contribution in [0.1, 0.15) is 76.7 Å². The monoisotopic (exact) mass is 333 g/mol. The maximum absolute atomic E-state index is 10.9. The normalized spacial score (nSPS) is 11.5. The van der Waals surface area contributed by atoms with Crippen molar-refractivity contribution >= 4 is 11.7 Å². The quantitative estimate of drug-likeness (QED) is 0.294. The minimum Gasteiger partial charge on any atom is -0.507 e. The summed E-state index contributed by atoms with van der Waals surface area (Å²) in [6, 6.07) is 6.31. The van der Waals surface area contributed by atoms with Gasteiger partial charge in [-0.2, -0.15) is 5.10 Å². The number of benzene rings is 1. The van der Waals surface area contributed by atoms with Crippen molar-refractivity contribution in [2.45, 2.75) is 71.1 Å². The SMILES string of the molecule is CCCCCCCCCCC/C(=N/NC(N)=O)c1ccccc1O. The standard InChI is InChI=1S/C19H31N3O2/c1-2-3-4-5-6-7-8-9-10-14-17(21-22-19(20)24)16-13-11-12-15-18(16)23/h11-13,15,23H,2-10,14H2,1H3,(H3,20,22,24)/b21-17-. The molecule has 0 saturated heterocycles. The molecule has 0 radical (unpaired) electrons. The van der Waals surface area contributed by atoms with E-state index in [-0.39, 0.29) is 5.75 Å². The molecule has 1 aromatic carbocycles. The zero-order valence-corrected chi connectivity index (χ0v) is 14.8. The number of para-hydroxylation sites is 1. The molecule has 0 spiro atoms. The van der Waals surface area contributed by atoms with E-state index in [0.29, 0.717) is 17.7 Å². The van der Waals surface area contributed by atoms with E-state index in [9.17, 15) is 9.90 Å². The molecule has 0 atom stereocenters. The van der Waals surface area contributed by atoms with Crippen LogP contribution in [0, 0.1) is 0 Å². The van der Waals surface area contributed by atoms with Gasteiger partial charge in [0.2, 0.25) is 0 Å². The number of rotatable bonds is 12. The summed E-state index contributed by atoms with van der Waals surface area (Å²) in [4.78, 5) is 10.9. The summed E-state index contributed by atoms with van der Waals surface area (Å²) in [5.41, 5.74) is 8.66. The van der Waals surface area contributed by atoms with Gasteiger partial charge in [-0.15, -0.1) is 0 Å². The first-order valence-electron chi connectivity index (χ1n) is 9.05. The highest BCUT2D eigenvalue weighted by molar-refractivity contribution is 6.03. The molecule has 4 N–H and O–H groups in total. The molecule has 1 aromatic rings. The van der Waals surface area contributed by atoms with E-state index in [1.54, 1.807) is 18.2 Å². The Morgan fingerprint density at radius 1 is 1.04 bits per heavy atom. The van der Waals surface area contributed by atoms with Gasteiger partial charge in [-0.05, 0) is 25.0 Å². The van der Waals surface area contributed by atoms with Gasteiger partial charge in [0.05, 0.1) is 5.71 Å². The van der Waals surface area contributed by atoms with E-state index >= 15 is 0 Å². The number of carbonyl (C=O) groups is 1. The smallest absolute Gasteiger partial charge is 0.332 e. The second kappa shape index (κ2) is 12.4. The topological polar surface area (TPSA) is 87.7 Å². The van der Waals surface area contributed by atoms with Gasteiger partial charge in [-0.1, -0.05) is 70.4 Å². The number of phenols is 1. The summed E-state index contributed by atoms with van der Waals surface area (Å²) >= 11 is 0. The van der Waals surface area contributed by atoms with Gasteiger partial charge in [0.1, 0.15) is 5.75 Å². The molecule has 0 aliphatic carbocycles. The van der Waals surface area contributed by atoms with Crippen molar-refractivity contribution in [2.24, 2.45) is 10.8 Å². The van der Waals surface area contributed by atoms with Crippen LogP contribution in [0.3, 0.4) is 0 Å². The van der Waals surface area contributed by atoms with Crippen LogP contribution in [0.15, 0.2) is 29.4 Å². The Morgan fingerprint density at radius 2 is 1.62 bits per heavy atom. The molecule has 0 heterocycles. The zero-order valence-electron chi connectivity index (χ0n) is 14.8. The number of nitrogens with zero attached hydrogens (tertiary/aromatic N) is 1. The lowest BCUT2D eigenvalue weighted by Crippen LogP contribution is -2.26. The molecular weight excluding hydrogens is 302 g/mol. The van der Waals surface area contributed by atoms with Crippen molar-refractivity contribution in [3.8, 4) is 5.75 Å². The van der Waals surface area contributed by atoms with Crippen LogP contribution < -0.4 is 11.2 Å². The molecule has 134 valence electrons. The molecule has 24 heavy (non-hydrogen) atoms. The molecule has 1 rings (SSSR count). The van der Waals surface area contributed by atoms with Gasteiger partial charge in [-0.3, -0.25) is 0 Å². The minimum atomic E-state index is -0.699. The van der Waals surface area contributed by atoms with Crippen LogP contribution in [0.4, 0.5) is 4.79 Å². The maximum atomic E-state index is 10.9. The molecular formula is C19H31N3O2. The Hall–Kier alpha value is -2.04. The third kappa shape index (κ3) is 8.56. The molecule has 5 heteroatoms. The van der Waals surface area contributed by atoms with Gasteiger partial charge >= 0.3 is 6.03 Å². The van der Waals surface area contributed by atoms with Crippen LogP contribution in [-0.2, 0) is 0 Å². The Kier molecular flexibility index (Phi) is 10.3. The summed E-state index contributed by atoms with van der Waals surface area (Å²) in [6.45, 7) is 2.23. The minimum absolute atomic E-state index is 0.165. The highest BCUT2D eigenvalue weighted by Gasteiger charge is 2.09. The number of phenolic OH excluding ortho intramolecular Hbond substituents is 1. The maximum Gasteiger partial charge on any atom is 0.332 e. The fourth-order valence-electron chi connectivity index (χ4n) is 2.69. The molecule has 0 bridgehead atoms. The van der Waals surface area contributed by atoms with Crippen LogP contribution in [0.25, 0.3) is 0 Å². The molecule has 0 saturated carbocycles. The second-order valence-corrected chi connectivity index (χ2v) is 6.13. The van der Waals surface area contributed by atoms with Crippen molar-refractivity contribution in [1.29, 1.82) is 0 Å². The summed E-state index contributed by atoms with van der Waals surface area (Å²) in [5.74, 6) is 0.165. The number of hydrogen-bond donors (Lipinski definition) is 3. The Labute approximate surface area is 145 Å². The van der Waals surface area contributed by atoms with E-state index in [1.165, 1.54) is 44.9 Å². The van der Waals surface area contributed by atoms with Gasteiger partial charge in [-0.25, -0.2) is 10.2 Å². The summed E-state index contributed by atoms with van der Waals surface area (Å²) < 4.78 is 0. The lowest BCUT2D eigenvalue weighted by molar-refractivity contribution is 0.249. The molecule has 0 unspecified atom stereocenters. The number of nitrogens with two attached hydrogens (primary N) is 1. The number of amides is 2. The summed E-state index contributed by atoms with van der Waals surface area (Å²) in [6.07, 6.45) is 11.9. The van der Waals surface area contributed by atoms with Crippen LogP contribution in [-0.4, -0.2) is 16.8 Å². The number of unbranched alkanes of at least 4 members (excludes halogenated alkanes) is 8. The number of carbonyl (C=O) groups excluding carboxylic acids is 1. The van der Waals surface area contributed by atoms with Crippen LogP contribution in [0.2, 0.25) is 0 Å². The lowest BCUT2D eigenvalue weighted by atomic mass is 10.0. The van der Waals surface area contributed by atoms with Crippen molar-refractivity contribution < 1.29 is 9.90 Å². The number of hydrogen-bond acceptors (Lipinski definition) is 3. The van der Waals surface area contributed by atoms with Crippen LogP contribution in [0.5, 0.6) is 5.75 Å². The molecule has 0 aliphatic heterocycles. The average molecular weight is 333 g/mol. The van der Waals surface area contributed by atoms with E-state index in [2.05, 4.69) is 17.5 Å². The fraction of sp³-hybridized carbons (Fsp3) is 0.579. The summed E-state index contributed by atoms with van der Waals surface area (Å²) in [5, 5.41) is 14.0. The van der Waals surface area contributed by atoms with Gasteiger partial charge < -0.3 is 10.8 Å². The first-order chi connectivity index (χ1) is 11.6. The number of aromatic hydroxyl groups is 1. The average Bonchev–Trinajstić information content (AvgIpc) is 2.56. The van der Waals surface area contributed by atoms with E-state index in [0.717, 1.165) is 12.8 Å². The highest BCUT2D eigenvalue weighted by Crippen LogP contribution is 2.20. The fourth-order valence-corrected chi connectivity index (χ4v) is 2.69. The Bertz CT molecular complexity index is 515. The first-order valence-corrected chi connectivity index (χ1v) is 9.05. The third-order valence-corrected chi connectivity index (χ3v) is 4.03. The predicted molar refractivity (Wildman–Crippen MR) is 99.2 cm³/mol. The third-order valence-electron chi connectivity index (χ3n) is 4.03. The van der Waals surface area contributed by atoms with Gasteiger partial charge in [0.25, 0.3) is 0 Å². The van der Waals surface area contributed by atoms with E-state index in [1.807, 2.05) is 6.07 Å². The zero-order chi connectivity index (χ0) is 17.6. The molecule has 0 aliphatic rings. The van der Waals surface area contributed by atoms with Gasteiger partial charge in [0, 0.05) is 5.56 Å². The first kappa shape index (κ1) is 20.0. The second-order valence-electron chi connectivity index (χ2n) is 6.13. The number of urea groups is 1. The number of primary amides is 1. The molecule has 2 amide bonds. The van der Waals surface area contributed by atoms with Crippen molar-refractivity contribution in [2.75, 3.05) is 0 Å². The molecule has 0 aromatic heterocycles. The Balaban J connectivity index is 2.37. The molecule has 5 nitrogen and oxygen atoms in total. The number of nitrogens with one attached hydrogen (secondary N) is 1. The van der Waals surface area contributed by atoms with E-state index < -0.39 is 6.03 Å². The van der Waals surface area contributed by atoms with Crippen molar-refractivity contribution in [1.82, 2.24) is 5.43 Å². The highest BCUT2D eigenvalue weighted by atomic mass is 16.3. The van der Waals surface area contributed by atoms with Crippen molar-refractivity contribution in [3.05, 3.63) is 29.8 Å². The predicted octanol–water partition coefficient (Wildman–Crippen LogP) is 4.69.